The van der Waals surface area contributed by atoms with E-state index in [9.17, 15) is 8.78 Å². The van der Waals surface area contributed by atoms with Crippen LogP contribution in [-0.4, -0.2) is 0 Å². The fraction of sp³-hybridized carbons (Fsp3) is 0.200. The lowest BCUT2D eigenvalue weighted by Gasteiger charge is -2.17. The molecule has 3 heteroatoms. The van der Waals surface area contributed by atoms with E-state index in [1.54, 1.807) is 12.1 Å². The molecule has 0 radical (unpaired) electrons. The number of benzene rings is 2. The minimum absolute atomic E-state index is 0.333. The van der Waals surface area contributed by atoms with Gasteiger partial charge in [-0.05, 0) is 60.4 Å². The smallest absolute Gasteiger partial charge is 0.123 e. The molecule has 0 aliphatic rings. The predicted octanol–water partition coefficient (Wildman–Crippen LogP) is 3.63. The van der Waals surface area contributed by atoms with Crippen LogP contribution in [0.15, 0.2) is 36.4 Å². The number of rotatable bonds is 2. The molecule has 0 aliphatic carbocycles. The van der Waals surface area contributed by atoms with Crippen LogP contribution in [0.3, 0.4) is 0 Å². The van der Waals surface area contributed by atoms with Gasteiger partial charge in [-0.2, -0.15) is 0 Å². The molecule has 0 unspecified atom stereocenters. The van der Waals surface area contributed by atoms with Crippen LogP contribution >= 0.6 is 0 Å². The molecule has 0 saturated carbocycles. The summed E-state index contributed by atoms with van der Waals surface area (Å²) in [4.78, 5) is 0. The van der Waals surface area contributed by atoms with Crippen LogP contribution in [0.5, 0.6) is 0 Å². The average Bonchev–Trinajstić information content (AvgIpc) is 2.34. The zero-order chi connectivity index (χ0) is 13.3. The van der Waals surface area contributed by atoms with Gasteiger partial charge in [0, 0.05) is 0 Å². The van der Waals surface area contributed by atoms with E-state index >= 15 is 0 Å². The third kappa shape index (κ3) is 2.41. The summed E-state index contributed by atoms with van der Waals surface area (Å²) in [5.41, 5.74) is 9.28. The monoisotopic (exact) mass is 247 g/mol. The third-order valence-corrected chi connectivity index (χ3v) is 3.15. The quantitative estimate of drug-likeness (QED) is 0.861. The lowest BCUT2D eigenvalue weighted by molar-refractivity contribution is 0.618. The van der Waals surface area contributed by atoms with E-state index in [0.29, 0.717) is 11.1 Å². The topological polar surface area (TPSA) is 26.0 Å². The van der Waals surface area contributed by atoms with Crippen molar-refractivity contribution >= 4 is 0 Å². The number of hydrogen-bond acceptors (Lipinski definition) is 1. The molecular weight excluding hydrogens is 232 g/mol. The van der Waals surface area contributed by atoms with Gasteiger partial charge in [-0.15, -0.1) is 0 Å². The Balaban J connectivity index is 2.50. The Hall–Kier alpha value is -1.74. The average molecular weight is 247 g/mol. The first kappa shape index (κ1) is 12.7. The molecule has 0 atom stereocenters. The largest absolute Gasteiger partial charge is 0.320 e. The van der Waals surface area contributed by atoms with Gasteiger partial charge in [-0.1, -0.05) is 12.1 Å². The van der Waals surface area contributed by atoms with Crippen molar-refractivity contribution in [2.45, 2.75) is 19.9 Å². The van der Waals surface area contributed by atoms with Crippen LogP contribution in [0.4, 0.5) is 8.78 Å². The molecule has 94 valence electrons. The van der Waals surface area contributed by atoms with E-state index in [2.05, 4.69) is 0 Å². The lowest BCUT2D eigenvalue weighted by atomic mass is 9.93. The van der Waals surface area contributed by atoms with E-state index < -0.39 is 6.04 Å². The maximum atomic E-state index is 13.3. The van der Waals surface area contributed by atoms with Gasteiger partial charge in [0.05, 0.1) is 6.04 Å². The van der Waals surface area contributed by atoms with Gasteiger partial charge < -0.3 is 5.73 Å². The summed E-state index contributed by atoms with van der Waals surface area (Å²) in [5.74, 6) is -0.666. The van der Waals surface area contributed by atoms with Crippen LogP contribution in [0, 0.1) is 25.5 Å². The first-order valence-electron chi connectivity index (χ1n) is 5.76. The van der Waals surface area contributed by atoms with E-state index in [4.69, 9.17) is 5.73 Å². The second-order valence-electron chi connectivity index (χ2n) is 4.48. The van der Waals surface area contributed by atoms with E-state index in [0.717, 1.165) is 11.1 Å². The van der Waals surface area contributed by atoms with Crippen molar-refractivity contribution in [3.05, 3.63) is 70.3 Å². The van der Waals surface area contributed by atoms with Gasteiger partial charge in [0.25, 0.3) is 0 Å². The highest BCUT2D eigenvalue weighted by molar-refractivity contribution is 5.40. The van der Waals surface area contributed by atoms with Crippen LogP contribution in [0.1, 0.15) is 28.3 Å². The van der Waals surface area contributed by atoms with E-state index in [1.165, 1.54) is 24.3 Å². The molecule has 2 N–H and O–H groups in total. The van der Waals surface area contributed by atoms with Gasteiger partial charge in [-0.25, -0.2) is 8.78 Å². The zero-order valence-electron chi connectivity index (χ0n) is 10.4. The van der Waals surface area contributed by atoms with Gasteiger partial charge in [0.2, 0.25) is 0 Å². The Morgan fingerprint density at radius 1 is 0.833 bits per heavy atom. The summed E-state index contributed by atoms with van der Waals surface area (Å²) in [6, 6.07) is 8.44. The molecule has 0 heterocycles. The van der Waals surface area contributed by atoms with Crippen molar-refractivity contribution in [2.24, 2.45) is 5.73 Å². The molecule has 2 aromatic carbocycles. The Morgan fingerprint density at radius 3 is 1.61 bits per heavy atom. The van der Waals surface area contributed by atoms with E-state index in [-0.39, 0.29) is 11.6 Å². The Kier molecular flexibility index (Phi) is 3.43. The summed E-state index contributed by atoms with van der Waals surface area (Å²) < 4.78 is 26.5. The summed E-state index contributed by atoms with van der Waals surface area (Å²) in [7, 11) is 0. The van der Waals surface area contributed by atoms with Crippen molar-refractivity contribution in [1.29, 1.82) is 0 Å². The highest BCUT2D eigenvalue weighted by atomic mass is 19.1. The summed E-state index contributed by atoms with van der Waals surface area (Å²) in [6.07, 6.45) is 0. The highest BCUT2D eigenvalue weighted by Crippen LogP contribution is 2.26. The fourth-order valence-corrected chi connectivity index (χ4v) is 2.06. The molecule has 0 spiro atoms. The number of hydrogen-bond donors (Lipinski definition) is 1. The van der Waals surface area contributed by atoms with Gasteiger partial charge in [-0.3, -0.25) is 0 Å². The first-order valence-corrected chi connectivity index (χ1v) is 5.76. The van der Waals surface area contributed by atoms with Crippen LogP contribution < -0.4 is 5.73 Å². The molecule has 1 nitrogen and oxygen atoms in total. The molecule has 0 fully saturated rings. The minimum atomic E-state index is -0.517. The third-order valence-electron chi connectivity index (χ3n) is 3.15. The van der Waals surface area contributed by atoms with Crippen molar-refractivity contribution in [1.82, 2.24) is 0 Å². The molecule has 2 aromatic rings. The Labute approximate surface area is 105 Å². The number of halogens is 2. The maximum Gasteiger partial charge on any atom is 0.123 e. The van der Waals surface area contributed by atoms with Crippen LogP contribution in [-0.2, 0) is 0 Å². The molecule has 0 aromatic heterocycles. The molecule has 0 saturated heterocycles. The zero-order valence-corrected chi connectivity index (χ0v) is 10.4. The predicted molar refractivity (Wildman–Crippen MR) is 68.3 cm³/mol. The second kappa shape index (κ2) is 4.86. The van der Waals surface area contributed by atoms with Gasteiger partial charge in [0.1, 0.15) is 11.6 Å². The molecule has 0 amide bonds. The Morgan fingerprint density at radius 2 is 1.22 bits per heavy atom. The Bertz CT molecular complexity index is 527. The SMILES string of the molecule is Cc1ccc(F)cc1C(N)c1cc(F)ccc1C. The van der Waals surface area contributed by atoms with Crippen molar-refractivity contribution in [2.75, 3.05) is 0 Å². The van der Waals surface area contributed by atoms with Crippen molar-refractivity contribution in [3.63, 3.8) is 0 Å². The van der Waals surface area contributed by atoms with Crippen LogP contribution in [0.2, 0.25) is 0 Å². The minimum Gasteiger partial charge on any atom is -0.320 e. The first-order chi connectivity index (χ1) is 8.49. The maximum absolute atomic E-state index is 13.3. The summed E-state index contributed by atoms with van der Waals surface area (Å²) >= 11 is 0. The second-order valence-corrected chi connectivity index (χ2v) is 4.48. The molecule has 2 rings (SSSR count). The molecular formula is C15H15F2N. The number of nitrogens with two attached hydrogens (primary N) is 1. The summed E-state index contributed by atoms with van der Waals surface area (Å²) in [5, 5.41) is 0. The van der Waals surface area contributed by atoms with Crippen molar-refractivity contribution in [3.8, 4) is 0 Å². The summed E-state index contributed by atoms with van der Waals surface area (Å²) in [6.45, 7) is 3.73. The fourth-order valence-electron chi connectivity index (χ4n) is 2.06. The van der Waals surface area contributed by atoms with Crippen molar-refractivity contribution < 1.29 is 8.78 Å². The molecule has 18 heavy (non-hydrogen) atoms. The normalized spacial score (nSPS) is 11.0. The van der Waals surface area contributed by atoms with Gasteiger partial charge in [0.15, 0.2) is 0 Å². The highest BCUT2D eigenvalue weighted by Gasteiger charge is 2.15. The molecule has 0 aliphatic heterocycles. The van der Waals surface area contributed by atoms with Gasteiger partial charge >= 0.3 is 0 Å². The van der Waals surface area contributed by atoms with Crippen LogP contribution in [0.25, 0.3) is 0 Å². The molecule has 0 bridgehead atoms. The standard InChI is InChI=1S/C15H15F2N/c1-9-3-5-11(16)7-13(9)15(18)14-8-12(17)6-4-10(14)2/h3-8,15H,18H2,1-2H3. The van der Waals surface area contributed by atoms with E-state index in [1.807, 2.05) is 13.8 Å². The number of aryl methyl sites for hydroxylation is 2. The lowest BCUT2D eigenvalue weighted by Crippen LogP contribution is -2.15.